The maximum atomic E-state index is 12.4. The van der Waals surface area contributed by atoms with Crippen molar-refractivity contribution in [1.82, 2.24) is 4.90 Å². The SMILES string of the molecule is C=CCC(CC=C)C(=O)N(CCC(=O)O)CC(C)C. The molecule has 108 valence electrons. The highest BCUT2D eigenvalue weighted by atomic mass is 16.4. The largest absolute Gasteiger partial charge is 0.481 e. The molecule has 0 rings (SSSR count). The van der Waals surface area contributed by atoms with Gasteiger partial charge in [-0.1, -0.05) is 26.0 Å². The predicted molar refractivity (Wildman–Crippen MR) is 76.8 cm³/mol. The Kier molecular flexibility index (Phi) is 8.58. The van der Waals surface area contributed by atoms with Crippen LogP contribution in [0, 0.1) is 11.8 Å². The summed E-state index contributed by atoms with van der Waals surface area (Å²) < 4.78 is 0. The molecule has 0 bridgehead atoms. The van der Waals surface area contributed by atoms with Gasteiger partial charge in [-0.2, -0.15) is 0 Å². The van der Waals surface area contributed by atoms with Crippen molar-refractivity contribution in [2.45, 2.75) is 33.1 Å². The molecule has 0 heterocycles. The molecule has 0 aliphatic rings. The summed E-state index contributed by atoms with van der Waals surface area (Å²) in [5, 5.41) is 8.75. The number of carboxylic acids is 1. The second-order valence-electron chi connectivity index (χ2n) is 5.07. The van der Waals surface area contributed by atoms with Crippen molar-refractivity contribution in [2.24, 2.45) is 11.8 Å². The van der Waals surface area contributed by atoms with Crippen molar-refractivity contribution >= 4 is 11.9 Å². The van der Waals surface area contributed by atoms with Gasteiger partial charge in [-0.05, 0) is 18.8 Å². The van der Waals surface area contributed by atoms with Gasteiger partial charge in [-0.15, -0.1) is 13.2 Å². The quantitative estimate of drug-likeness (QED) is 0.619. The Balaban J connectivity index is 4.76. The smallest absolute Gasteiger partial charge is 0.305 e. The van der Waals surface area contributed by atoms with Crippen molar-refractivity contribution in [3.63, 3.8) is 0 Å². The first kappa shape index (κ1) is 17.4. The van der Waals surface area contributed by atoms with E-state index in [4.69, 9.17) is 5.11 Å². The second kappa shape index (κ2) is 9.36. The lowest BCUT2D eigenvalue weighted by atomic mass is 9.99. The Hall–Kier alpha value is -1.58. The normalized spacial score (nSPS) is 10.5. The third kappa shape index (κ3) is 7.44. The summed E-state index contributed by atoms with van der Waals surface area (Å²) in [6.45, 7) is 12.2. The van der Waals surface area contributed by atoms with Gasteiger partial charge in [-0.25, -0.2) is 0 Å². The number of carbonyl (C=O) groups is 2. The van der Waals surface area contributed by atoms with E-state index in [9.17, 15) is 9.59 Å². The fourth-order valence-corrected chi connectivity index (χ4v) is 1.92. The van der Waals surface area contributed by atoms with Crippen LogP contribution in [0.2, 0.25) is 0 Å². The van der Waals surface area contributed by atoms with Crippen LogP contribution in [0.25, 0.3) is 0 Å². The number of aliphatic carboxylic acids is 1. The minimum atomic E-state index is -0.884. The van der Waals surface area contributed by atoms with Gasteiger partial charge in [0.1, 0.15) is 0 Å². The van der Waals surface area contributed by atoms with Crippen LogP contribution in [-0.2, 0) is 9.59 Å². The lowest BCUT2D eigenvalue weighted by Gasteiger charge is -2.27. The lowest BCUT2D eigenvalue weighted by molar-refractivity contribution is -0.140. The first-order valence-electron chi connectivity index (χ1n) is 6.64. The van der Waals surface area contributed by atoms with Gasteiger partial charge in [-0.3, -0.25) is 9.59 Å². The summed E-state index contributed by atoms with van der Waals surface area (Å²) in [5.74, 6) is -0.756. The standard InChI is InChI=1S/C15H25NO3/c1-5-7-13(8-6-2)15(19)16(11-12(3)4)10-9-14(17)18/h5-6,12-13H,1-2,7-11H2,3-4H3,(H,17,18). The van der Waals surface area contributed by atoms with Crippen LogP contribution in [0.5, 0.6) is 0 Å². The Morgan fingerprint density at radius 2 is 1.74 bits per heavy atom. The second-order valence-corrected chi connectivity index (χ2v) is 5.07. The minimum absolute atomic E-state index is 0.00486. The van der Waals surface area contributed by atoms with Crippen molar-refractivity contribution in [3.05, 3.63) is 25.3 Å². The Morgan fingerprint density at radius 3 is 2.11 bits per heavy atom. The van der Waals surface area contributed by atoms with E-state index >= 15 is 0 Å². The zero-order chi connectivity index (χ0) is 14.8. The Bertz CT molecular complexity index is 313. The topological polar surface area (TPSA) is 57.6 Å². The fourth-order valence-electron chi connectivity index (χ4n) is 1.92. The fraction of sp³-hybridized carbons (Fsp3) is 0.600. The third-order valence-corrected chi connectivity index (χ3v) is 2.74. The van der Waals surface area contributed by atoms with Gasteiger partial charge in [0.25, 0.3) is 0 Å². The highest BCUT2D eigenvalue weighted by molar-refractivity contribution is 5.79. The molecule has 0 aliphatic heterocycles. The van der Waals surface area contributed by atoms with Gasteiger partial charge in [0, 0.05) is 19.0 Å². The molecule has 0 aromatic carbocycles. The van der Waals surface area contributed by atoms with E-state index < -0.39 is 5.97 Å². The van der Waals surface area contributed by atoms with E-state index in [2.05, 4.69) is 13.2 Å². The molecular weight excluding hydrogens is 242 g/mol. The van der Waals surface area contributed by atoms with Gasteiger partial charge >= 0.3 is 5.97 Å². The molecule has 0 spiro atoms. The molecule has 0 aliphatic carbocycles. The highest BCUT2D eigenvalue weighted by Gasteiger charge is 2.23. The number of amides is 1. The first-order valence-corrected chi connectivity index (χ1v) is 6.64. The molecular formula is C15H25NO3. The summed E-state index contributed by atoms with van der Waals surface area (Å²) in [5.41, 5.74) is 0. The number of carbonyl (C=O) groups excluding carboxylic acids is 1. The average Bonchev–Trinajstić information content (AvgIpc) is 2.32. The molecule has 4 nitrogen and oxygen atoms in total. The van der Waals surface area contributed by atoms with Crippen LogP contribution < -0.4 is 0 Å². The van der Waals surface area contributed by atoms with Crippen molar-refractivity contribution in [1.29, 1.82) is 0 Å². The van der Waals surface area contributed by atoms with Crippen LogP contribution >= 0.6 is 0 Å². The molecule has 4 heteroatoms. The van der Waals surface area contributed by atoms with Gasteiger partial charge in [0.05, 0.1) is 6.42 Å². The molecule has 0 saturated heterocycles. The van der Waals surface area contributed by atoms with Crippen LogP contribution in [0.3, 0.4) is 0 Å². The summed E-state index contributed by atoms with van der Waals surface area (Å²) in [6.07, 6.45) is 4.60. The number of nitrogens with zero attached hydrogens (tertiary/aromatic N) is 1. The molecule has 0 aromatic heterocycles. The van der Waals surface area contributed by atoms with E-state index in [1.54, 1.807) is 17.1 Å². The Morgan fingerprint density at radius 1 is 1.21 bits per heavy atom. The lowest BCUT2D eigenvalue weighted by Crippen LogP contribution is -2.39. The van der Waals surface area contributed by atoms with E-state index in [-0.39, 0.29) is 24.8 Å². The molecule has 0 unspecified atom stereocenters. The summed E-state index contributed by atoms with van der Waals surface area (Å²) >= 11 is 0. The molecule has 0 saturated carbocycles. The zero-order valence-electron chi connectivity index (χ0n) is 12.0. The predicted octanol–water partition coefficient (Wildman–Crippen LogP) is 2.71. The van der Waals surface area contributed by atoms with Crippen LogP contribution in [0.15, 0.2) is 25.3 Å². The van der Waals surface area contributed by atoms with E-state index in [0.29, 0.717) is 25.3 Å². The number of carboxylic acid groups (broad SMARTS) is 1. The molecule has 0 aromatic rings. The first-order chi connectivity index (χ1) is 8.92. The van der Waals surface area contributed by atoms with Gasteiger partial charge in [0.15, 0.2) is 0 Å². The highest BCUT2D eigenvalue weighted by Crippen LogP contribution is 2.15. The van der Waals surface area contributed by atoms with Gasteiger partial charge in [0.2, 0.25) is 5.91 Å². The van der Waals surface area contributed by atoms with Crippen molar-refractivity contribution in [3.8, 4) is 0 Å². The summed E-state index contributed by atoms with van der Waals surface area (Å²) in [6, 6.07) is 0. The molecule has 0 radical (unpaired) electrons. The Labute approximate surface area is 115 Å². The third-order valence-electron chi connectivity index (χ3n) is 2.74. The van der Waals surface area contributed by atoms with Gasteiger partial charge < -0.3 is 10.0 Å². The minimum Gasteiger partial charge on any atom is -0.481 e. The molecule has 1 amide bonds. The van der Waals surface area contributed by atoms with Crippen LogP contribution in [0.1, 0.15) is 33.1 Å². The maximum Gasteiger partial charge on any atom is 0.305 e. The number of hydrogen-bond donors (Lipinski definition) is 1. The number of allylic oxidation sites excluding steroid dienone is 2. The average molecular weight is 267 g/mol. The van der Waals surface area contributed by atoms with E-state index in [1.165, 1.54) is 0 Å². The molecule has 1 N–H and O–H groups in total. The number of hydrogen-bond acceptors (Lipinski definition) is 2. The number of rotatable bonds is 10. The monoisotopic (exact) mass is 267 g/mol. The molecule has 19 heavy (non-hydrogen) atoms. The molecule has 0 atom stereocenters. The van der Waals surface area contributed by atoms with E-state index in [1.807, 2.05) is 13.8 Å². The van der Waals surface area contributed by atoms with Crippen molar-refractivity contribution in [2.75, 3.05) is 13.1 Å². The van der Waals surface area contributed by atoms with Crippen molar-refractivity contribution < 1.29 is 14.7 Å². The zero-order valence-corrected chi connectivity index (χ0v) is 12.0. The summed E-state index contributed by atoms with van der Waals surface area (Å²) in [7, 11) is 0. The van der Waals surface area contributed by atoms with Crippen LogP contribution in [-0.4, -0.2) is 35.0 Å². The summed E-state index contributed by atoms with van der Waals surface area (Å²) in [4.78, 5) is 24.7. The van der Waals surface area contributed by atoms with E-state index in [0.717, 1.165) is 0 Å². The molecule has 0 fully saturated rings. The maximum absolute atomic E-state index is 12.4. The van der Waals surface area contributed by atoms with Crippen LogP contribution in [0.4, 0.5) is 0 Å².